The van der Waals surface area contributed by atoms with Crippen molar-refractivity contribution in [1.82, 2.24) is 10.3 Å². The number of carbonyl (C=O) groups excluding carboxylic acids is 1. The fourth-order valence-electron chi connectivity index (χ4n) is 3.84. The van der Waals surface area contributed by atoms with Gasteiger partial charge in [-0.05, 0) is 41.2 Å². The van der Waals surface area contributed by atoms with Crippen LogP contribution in [-0.2, 0) is 4.74 Å². The zero-order valence-electron chi connectivity index (χ0n) is 17.5. The summed E-state index contributed by atoms with van der Waals surface area (Å²) in [7, 11) is 0. The molecule has 32 heavy (non-hydrogen) atoms. The number of aromatic nitrogens is 1. The number of hydrogen-bond acceptors (Lipinski definition) is 5. The third-order valence-electron chi connectivity index (χ3n) is 5.36. The van der Waals surface area contributed by atoms with E-state index >= 15 is 0 Å². The van der Waals surface area contributed by atoms with Crippen molar-refractivity contribution in [2.45, 2.75) is 19.3 Å². The Hall–Kier alpha value is -4.18. The lowest BCUT2D eigenvalue weighted by Crippen LogP contribution is -2.26. The van der Waals surface area contributed by atoms with E-state index in [1.165, 1.54) is 28.5 Å². The van der Waals surface area contributed by atoms with Crippen LogP contribution in [0.15, 0.2) is 60.8 Å². The highest BCUT2D eigenvalue weighted by molar-refractivity contribution is 5.79. The molecule has 1 aliphatic rings. The Labute approximate surface area is 185 Å². The van der Waals surface area contributed by atoms with Gasteiger partial charge >= 0.3 is 6.09 Å². The van der Waals surface area contributed by atoms with E-state index in [0.29, 0.717) is 24.2 Å². The Balaban J connectivity index is 1.28. The Morgan fingerprint density at radius 1 is 1.16 bits per heavy atom. The quantitative estimate of drug-likeness (QED) is 0.278. The van der Waals surface area contributed by atoms with E-state index in [1.54, 1.807) is 13.0 Å². The largest absolute Gasteiger partial charge is 0.449 e. The number of hydrogen-bond donors (Lipinski definition) is 1. The molecule has 0 spiro atoms. The second kappa shape index (κ2) is 9.31. The van der Waals surface area contributed by atoms with Gasteiger partial charge in [-0.1, -0.05) is 54.5 Å². The smallest absolute Gasteiger partial charge is 0.407 e. The highest BCUT2D eigenvalue weighted by atomic mass is 16.6. The number of rotatable bonds is 5. The highest BCUT2D eigenvalue weighted by Gasteiger charge is 2.28. The maximum Gasteiger partial charge on any atom is 0.407 e. The maximum atomic E-state index is 12.1. The first kappa shape index (κ1) is 21.1. The molecule has 7 heteroatoms. The number of alkyl carbamates (subject to hydrolysis) is 1. The molecule has 2 aromatic carbocycles. The van der Waals surface area contributed by atoms with Crippen LogP contribution in [0.1, 0.15) is 34.7 Å². The molecule has 0 fully saturated rings. The molecule has 3 aromatic rings. The lowest BCUT2D eigenvalue weighted by Gasteiger charge is -2.14. The molecular weight excluding hydrogens is 406 g/mol. The van der Waals surface area contributed by atoms with Gasteiger partial charge in [-0.15, -0.1) is 0 Å². The second-order valence-corrected chi connectivity index (χ2v) is 7.42. The Morgan fingerprint density at radius 3 is 2.44 bits per heavy atom. The minimum atomic E-state index is -0.488. The fourth-order valence-corrected chi connectivity index (χ4v) is 3.84. The normalized spacial score (nSPS) is 11.7. The summed E-state index contributed by atoms with van der Waals surface area (Å²) in [5, 5.41) is 13.5. The summed E-state index contributed by atoms with van der Waals surface area (Å²) in [6.07, 6.45) is 1.12. The van der Waals surface area contributed by atoms with E-state index in [4.69, 9.17) is 4.74 Å². The number of pyridine rings is 1. The number of fused-ring (bicyclic) bond motifs is 3. The topological polar surface area (TPSA) is 94.4 Å². The second-order valence-electron chi connectivity index (χ2n) is 7.42. The molecule has 1 amide bonds. The number of nitrogens with one attached hydrogen (secondary N) is 1. The molecule has 160 valence electrons. The van der Waals surface area contributed by atoms with Crippen molar-refractivity contribution in [2.24, 2.45) is 0 Å². The van der Waals surface area contributed by atoms with Crippen molar-refractivity contribution in [2.75, 3.05) is 13.2 Å². The van der Waals surface area contributed by atoms with Gasteiger partial charge < -0.3 is 10.1 Å². The molecule has 0 saturated carbocycles. The number of benzene rings is 2. The van der Waals surface area contributed by atoms with Gasteiger partial charge in [0.05, 0.1) is 4.92 Å². The van der Waals surface area contributed by atoms with Gasteiger partial charge in [0.2, 0.25) is 0 Å². The minimum absolute atomic E-state index is 0.0180. The monoisotopic (exact) mass is 427 g/mol. The van der Waals surface area contributed by atoms with E-state index in [-0.39, 0.29) is 18.2 Å². The lowest BCUT2D eigenvalue weighted by atomic mass is 9.98. The third-order valence-corrected chi connectivity index (χ3v) is 5.36. The van der Waals surface area contributed by atoms with Crippen molar-refractivity contribution >= 4 is 11.8 Å². The first-order chi connectivity index (χ1) is 15.5. The van der Waals surface area contributed by atoms with Crippen molar-refractivity contribution < 1.29 is 14.5 Å². The fraction of sp³-hybridized carbons (Fsp3) is 0.200. The number of aryl methyl sites for hydroxylation is 1. The van der Waals surface area contributed by atoms with E-state index < -0.39 is 11.0 Å². The van der Waals surface area contributed by atoms with Crippen molar-refractivity contribution in [1.29, 1.82) is 0 Å². The SMILES string of the molecule is Cc1cc(C#CCCNC(=O)OCC2c3ccccc3-c3ccccc32)ncc1[N+](=O)[O-]. The van der Waals surface area contributed by atoms with Gasteiger partial charge in [-0.3, -0.25) is 10.1 Å². The molecule has 0 saturated heterocycles. The molecule has 0 bridgehead atoms. The zero-order valence-corrected chi connectivity index (χ0v) is 17.5. The van der Waals surface area contributed by atoms with Crippen LogP contribution in [0, 0.1) is 28.9 Å². The summed E-state index contributed by atoms with van der Waals surface area (Å²) in [5.41, 5.74) is 5.62. The molecule has 4 rings (SSSR count). The van der Waals surface area contributed by atoms with Crippen molar-refractivity contribution in [3.05, 3.63) is 93.3 Å². The first-order valence-electron chi connectivity index (χ1n) is 10.2. The minimum Gasteiger partial charge on any atom is -0.449 e. The van der Waals surface area contributed by atoms with E-state index in [2.05, 4.69) is 46.4 Å². The standard InChI is InChI=1S/C25H21N3O4/c1-17-14-18(27-15-24(17)28(30)31)8-6-7-13-26-25(29)32-16-23-21-11-4-2-9-19(21)20-10-3-5-12-22(20)23/h2-5,9-12,14-15,23H,7,13,16H2,1H3,(H,26,29). The molecule has 1 N–H and O–H groups in total. The average Bonchev–Trinajstić information content (AvgIpc) is 3.11. The maximum absolute atomic E-state index is 12.1. The lowest BCUT2D eigenvalue weighted by molar-refractivity contribution is -0.385. The molecular formula is C25H21N3O4. The summed E-state index contributed by atoms with van der Waals surface area (Å²) in [6, 6.07) is 17.9. The van der Waals surface area contributed by atoms with E-state index in [1.807, 2.05) is 24.3 Å². The number of nitrogens with zero attached hydrogens (tertiary/aromatic N) is 2. The summed E-state index contributed by atoms with van der Waals surface area (Å²) in [6.45, 7) is 2.23. The molecule has 0 unspecified atom stereocenters. The first-order valence-corrected chi connectivity index (χ1v) is 10.2. The van der Waals surface area contributed by atoms with Gasteiger partial charge in [0.15, 0.2) is 0 Å². The van der Waals surface area contributed by atoms with Crippen molar-refractivity contribution in [3.63, 3.8) is 0 Å². The molecule has 0 radical (unpaired) electrons. The van der Waals surface area contributed by atoms with Crippen LogP contribution in [0.3, 0.4) is 0 Å². The van der Waals surface area contributed by atoms with E-state index in [9.17, 15) is 14.9 Å². The summed E-state index contributed by atoms with van der Waals surface area (Å²) in [5.74, 6) is 5.77. The Morgan fingerprint density at radius 2 is 1.81 bits per heavy atom. The zero-order chi connectivity index (χ0) is 22.5. The van der Waals surface area contributed by atoms with Crippen LogP contribution in [-0.4, -0.2) is 29.2 Å². The molecule has 0 aliphatic heterocycles. The number of amides is 1. The molecule has 7 nitrogen and oxygen atoms in total. The summed E-state index contributed by atoms with van der Waals surface area (Å²) in [4.78, 5) is 26.5. The van der Waals surface area contributed by atoms with E-state index in [0.717, 1.165) is 0 Å². The van der Waals surface area contributed by atoms with Gasteiger partial charge in [-0.25, -0.2) is 9.78 Å². The van der Waals surface area contributed by atoms with Crippen LogP contribution >= 0.6 is 0 Å². The van der Waals surface area contributed by atoms with Gasteiger partial charge in [0, 0.05) is 24.4 Å². The molecule has 1 aliphatic carbocycles. The Kier molecular flexibility index (Phi) is 6.13. The van der Waals surface area contributed by atoms with Gasteiger partial charge in [-0.2, -0.15) is 0 Å². The summed E-state index contributed by atoms with van der Waals surface area (Å²) >= 11 is 0. The van der Waals surface area contributed by atoms with Crippen LogP contribution in [0.4, 0.5) is 10.5 Å². The Bertz CT molecular complexity index is 1200. The number of nitro groups is 1. The number of ether oxygens (including phenoxy) is 1. The molecule has 0 atom stereocenters. The average molecular weight is 427 g/mol. The van der Waals surface area contributed by atoms with Crippen LogP contribution in [0.2, 0.25) is 0 Å². The highest BCUT2D eigenvalue weighted by Crippen LogP contribution is 2.44. The van der Waals surface area contributed by atoms with Gasteiger partial charge in [0.25, 0.3) is 5.69 Å². The number of carbonyl (C=O) groups is 1. The summed E-state index contributed by atoms with van der Waals surface area (Å²) < 4.78 is 5.48. The van der Waals surface area contributed by atoms with Gasteiger partial charge in [0.1, 0.15) is 18.5 Å². The molecule has 1 heterocycles. The van der Waals surface area contributed by atoms with Crippen LogP contribution < -0.4 is 5.32 Å². The van der Waals surface area contributed by atoms with Crippen LogP contribution in [0.5, 0.6) is 0 Å². The van der Waals surface area contributed by atoms with Crippen LogP contribution in [0.25, 0.3) is 11.1 Å². The third kappa shape index (κ3) is 4.44. The predicted molar refractivity (Wildman–Crippen MR) is 120 cm³/mol. The predicted octanol–water partition coefficient (Wildman–Crippen LogP) is 4.58. The van der Waals surface area contributed by atoms with Crippen molar-refractivity contribution in [3.8, 4) is 23.0 Å². The molecule has 1 aromatic heterocycles.